The van der Waals surface area contributed by atoms with Crippen molar-refractivity contribution in [2.24, 2.45) is 0 Å². The number of para-hydroxylation sites is 1. The predicted molar refractivity (Wildman–Crippen MR) is 143 cm³/mol. The van der Waals surface area contributed by atoms with Crippen LogP contribution in [0, 0.1) is 0 Å². The smallest absolute Gasteiger partial charge is 0.230 e. The van der Waals surface area contributed by atoms with Gasteiger partial charge in [0.2, 0.25) is 5.95 Å². The molecule has 3 aromatic rings. The van der Waals surface area contributed by atoms with E-state index in [0.29, 0.717) is 22.1 Å². The Kier molecular flexibility index (Phi) is 6.25. The van der Waals surface area contributed by atoms with Crippen LogP contribution in [0.1, 0.15) is 40.8 Å². The summed E-state index contributed by atoms with van der Waals surface area (Å²) in [7, 11) is -2.18. The Bertz CT molecular complexity index is 1260. The van der Waals surface area contributed by atoms with Crippen LogP contribution in [-0.4, -0.2) is 57.5 Å². The molecule has 0 spiro atoms. The van der Waals surface area contributed by atoms with Gasteiger partial charge >= 0.3 is 0 Å². The third-order valence-electron chi connectivity index (χ3n) is 7.88. The van der Waals surface area contributed by atoms with Crippen LogP contribution in [0.3, 0.4) is 0 Å². The molecule has 2 aliphatic rings. The SMILES string of the molecule is CC1(C)O[C@@H]2[C@H](O1)[C@@H](C(O)[Si](C)(C)C(C)(C)C)O[C@H]2n1ccc2c(Cl)nc(Nc3ccccc3)nc21. The van der Waals surface area contributed by atoms with Crippen LogP contribution in [-0.2, 0) is 14.2 Å². The molecular weight excluding hydrogens is 496 g/mol. The van der Waals surface area contributed by atoms with E-state index in [4.69, 9.17) is 30.8 Å². The number of fused-ring (bicyclic) bond motifs is 2. The van der Waals surface area contributed by atoms with E-state index in [9.17, 15) is 5.11 Å². The lowest BCUT2D eigenvalue weighted by Gasteiger charge is -2.43. The summed E-state index contributed by atoms with van der Waals surface area (Å²) in [6.07, 6.45) is -0.0201. The van der Waals surface area contributed by atoms with Crippen molar-refractivity contribution < 1.29 is 19.3 Å². The molecule has 4 heterocycles. The maximum Gasteiger partial charge on any atom is 0.230 e. The van der Waals surface area contributed by atoms with Crippen molar-refractivity contribution in [2.75, 3.05) is 5.32 Å². The highest BCUT2D eigenvalue weighted by atomic mass is 35.5. The fourth-order valence-electron chi connectivity index (χ4n) is 4.85. The van der Waals surface area contributed by atoms with E-state index in [-0.39, 0.29) is 5.04 Å². The Morgan fingerprint density at radius 3 is 2.42 bits per heavy atom. The minimum Gasteiger partial charge on any atom is -0.394 e. The molecule has 2 aliphatic heterocycles. The number of halogens is 1. The number of hydrogen-bond donors (Lipinski definition) is 2. The molecule has 194 valence electrons. The van der Waals surface area contributed by atoms with Gasteiger partial charge < -0.3 is 29.2 Å². The van der Waals surface area contributed by atoms with Crippen molar-refractivity contribution in [1.82, 2.24) is 14.5 Å². The molecule has 2 aromatic heterocycles. The van der Waals surface area contributed by atoms with Crippen LogP contribution in [0.2, 0.25) is 23.3 Å². The van der Waals surface area contributed by atoms with Crippen molar-refractivity contribution in [3.05, 3.63) is 47.7 Å². The summed E-state index contributed by atoms with van der Waals surface area (Å²) in [6, 6.07) is 11.6. The Balaban J connectivity index is 1.53. The number of hydrogen-bond acceptors (Lipinski definition) is 7. The zero-order chi connectivity index (χ0) is 26.0. The quantitative estimate of drug-likeness (QED) is 0.325. The fraction of sp³-hybridized carbons (Fsp3) is 0.538. The lowest BCUT2D eigenvalue weighted by atomic mass is 10.1. The van der Waals surface area contributed by atoms with Crippen LogP contribution in [0.4, 0.5) is 11.6 Å². The maximum atomic E-state index is 11.6. The van der Waals surface area contributed by atoms with Crippen molar-refractivity contribution in [3.63, 3.8) is 0 Å². The number of rotatable bonds is 5. The van der Waals surface area contributed by atoms with Gasteiger partial charge in [0, 0.05) is 11.9 Å². The first-order valence-electron chi connectivity index (χ1n) is 12.3. The normalized spacial score (nSPS) is 26.8. The molecule has 8 nitrogen and oxygen atoms in total. The molecule has 36 heavy (non-hydrogen) atoms. The number of nitrogens with one attached hydrogen (secondary N) is 1. The summed E-state index contributed by atoms with van der Waals surface area (Å²) < 4.78 is 21.2. The molecule has 5 atom stereocenters. The number of nitrogens with zero attached hydrogens (tertiary/aromatic N) is 3. The fourth-order valence-corrected chi connectivity index (χ4v) is 7.05. The van der Waals surface area contributed by atoms with Gasteiger partial charge in [-0.25, -0.2) is 4.98 Å². The largest absolute Gasteiger partial charge is 0.394 e. The average molecular weight is 531 g/mol. The molecule has 0 amide bonds. The highest BCUT2D eigenvalue weighted by molar-refractivity contribution is 6.81. The molecule has 2 fully saturated rings. The molecule has 0 radical (unpaired) electrons. The highest BCUT2D eigenvalue weighted by Gasteiger charge is 2.60. The summed E-state index contributed by atoms with van der Waals surface area (Å²) in [5.41, 5.74) is 0.825. The zero-order valence-corrected chi connectivity index (χ0v) is 23.6. The molecule has 0 aliphatic carbocycles. The molecule has 2 saturated heterocycles. The van der Waals surface area contributed by atoms with Crippen LogP contribution in [0.15, 0.2) is 42.6 Å². The third kappa shape index (κ3) is 4.35. The third-order valence-corrected chi connectivity index (χ3v) is 13.8. The van der Waals surface area contributed by atoms with Gasteiger partial charge in [0.25, 0.3) is 0 Å². The number of aliphatic hydroxyl groups is 1. The first-order chi connectivity index (χ1) is 16.8. The van der Waals surface area contributed by atoms with E-state index in [1.54, 1.807) is 0 Å². The van der Waals surface area contributed by atoms with Crippen LogP contribution < -0.4 is 5.32 Å². The van der Waals surface area contributed by atoms with Gasteiger partial charge in [0.1, 0.15) is 29.1 Å². The minimum atomic E-state index is -2.18. The predicted octanol–water partition coefficient (Wildman–Crippen LogP) is 5.65. The van der Waals surface area contributed by atoms with E-state index in [2.05, 4.69) is 44.2 Å². The monoisotopic (exact) mass is 530 g/mol. The van der Waals surface area contributed by atoms with Gasteiger partial charge in [0.15, 0.2) is 12.0 Å². The first kappa shape index (κ1) is 25.6. The van der Waals surface area contributed by atoms with Gasteiger partial charge in [0.05, 0.1) is 19.2 Å². The zero-order valence-electron chi connectivity index (χ0n) is 21.8. The second-order valence-electron chi connectivity index (χ2n) is 11.8. The second kappa shape index (κ2) is 8.78. The van der Waals surface area contributed by atoms with E-state index >= 15 is 0 Å². The lowest BCUT2D eigenvalue weighted by Crippen LogP contribution is -2.57. The van der Waals surface area contributed by atoms with E-state index < -0.39 is 44.1 Å². The van der Waals surface area contributed by atoms with Crippen LogP contribution in [0.5, 0.6) is 0 Å². The maximum absolute atomic E-state index is 11.6. The Morgan fingerprint density at radius 2 is 1.75 bits per heavy atom. The summed E-state index contributed by atoms with van der Waals surface area (Å²) >= 11 is 6.56. The Hall–Kier alpha value is -2.01. The molecule has 10 heteroatoms. The van der Waals surface area contributed by atoms with E-state index in [0.717, 1.165) is 5.69 Å². The molecule has 0 bridgehead atoms. The summed E-state index contributed by atoms with van der Waals surface area (Å²) in [6.45, 7) is 14.7. The summed E-state index contributed by atoms with van der Waals surface area (Å²) in [5, 5.41) is 15.9. The molecular formula is C26H35ClN4O4Si. The van der Waals surface area contributed by atoms with Crippen molar-refractivity contribution in [1.29, 1.82) is 0 Å². The molecule has 2 N–H and O–H groups in total. The lowest BCUT2D eigenvalue weighted by molar-refractivity contribution is -0.202. The minimum absolute atomic E-state index is 0.0305. The van der Waals surface area contributed by atoms with Crippen LogP contribution in [0.25, 0.3) is 11.0 Å². The van der Waals surface area contributed by atoms with Gasteiger partial charge in [-0.1, -0.05) is 63.7 Å². The number of anilines is 2. The first-order valence-corrected chi connectivity index (χ1v) is 15.8. The van der Waals surface area contributed by atoms with Gasteiger partial charge in [-0.15, -0.1) is 0 Å². The second-order valence-corrected chi connectivity index (χ2v) is 17.7. The Morgan fingerprint density at radius 1 is 1.08 bits per heavy atom. The standard InChI is InChI=1S/C26H35ClN4O4Si/c1-25(2,3)36(6,7)23(32)19-17-18(35-26(4,5)34-17)22(33-19)31-14-13-16-20(27)29-24(30-21(16)31)28-15-11-9-8-10-12-15/h8-14,17-19,22-23,32H,1-7H3,(H,28,29,30)/t17-,18+,19-,22+,23?/m0/s1. The number of aliphatic hydroxyl groups excluding tert-OH is 1. The topological polar surface area (TPSA) is 90.7 Å². The van der Waals surface area contributed by atoms with Crippen molar-refractivity contribution in [2.45, 2.75) is 88.8 Å². The Labute approximate surface area is 217 Å². The van der Waals surface area contributed by atoms with Crippen molar-refractivity contribution in [3.8, 4) is 0 Å². The van der Waals surface area contributed by atoms with Crippen molar-refractivity contribution >= 4 is 42.3 Å². The molecule has 1 unspecified atom stereocenters. The highest BCUT2D eigenvalue weighted by Crippen LogP contribution is 2.48. The average Bonchev–Trinajstić information content (AvgIpc) is 3.44. The summed E-state index contributed by atoms with van der Waals surface area (Å²) in [5.74, 6) is -0.409. The van der Waals surface area contributed by atoms with E-state index in [1.165, 1.54) is 0 Å². The molecule has 0 saturated carbocycles. The van der Waals surface area contributed by atoms with E-state index in [1.807, 2.05) is 61.0 Å². The number of aromatic nitrogens is 3. The number of benzene rings is 1. The van der Waals surface area contributed by atoms with Gasteiger partial charge in [-0.2, -0.15) is 4.98 Å². The molecule has 1 aromatic carbocycles. The van der Waals surface area contributed by atoms with Gasteiger partial charge in [-0.3, -0.25) is 0 Å². The number of ether oxygens (including phenoxy) is 3. The molecule has 5 rings (SSSR count). The summed E-state index contributed by atoms with van der Waals surface area (Å²) in [4.78, 5) is 9.20. The van der Waals surface area contributed by atoms with Gasteiger partial charge in [-0.05, 0) is 37.1 Å². The van der Waals surface area contributed by atoms with Crippen LogP contribution >= 0.6 is 11.6 Å².